The number of nitrogens with zero attached hydrogens (tertiary/aromatic N) is 2. The molecule has 2 rings (SSSR count). The van der Waals surface area contributed by atoms with Gasteiger partial charge in [0.25, 0.3) is 0 Å². The molecule has 1 aromatic carbocycles. The molecule has 5 heteroatoms. The fraction of sp³-hybridized carbons (Fsp3) is 0.167. The molecular formula is C12H9BrN2O2. The summed E-state index contributed by atoms with van der Waals surface area (Å²) in [5, 5.41) is 10.6. The standard InChI is InChI=1S/C12H9BrN2O2/c1-16-10-5-8-7(11(13)12(10)17-2)3-4-15-9(8)6-14/h3-5H,1-2H3. The van der Waals surface area contributed by atoms with Gasteiger partial charge in [0.1, 0.15) is 11.8 Å². The van der Waals surface area contributed by atoms with Crippen molar-refractivity contribution in [1.82, 2.24) is 4.98 Å². The second kappa shape index (κ2) is 4.60. The van der Waals surface area contributed by atoms with Crippen LogP contribution >= 0.6 is 15.9 Å². The average Bonchev–Trinajstić information content (AvgIpc) is 2.37. The summed E-state index contributed by atoms with van der Waals surface area (Å²) >= 11 is 3.45. The number of aromatic nitrogens is 1. The van der Waals surface area contributed by atoms with Crippen molar-refractivity contribution in [1.29, 1.82) is 5.26 Å². The van der Waals surface area contributed by atoms with E-state index in [1.54, 1.807) is 26.5 Å². The maximum Gasteiger partial charge on any atom is 0.175 e. The van der Waals surface area contributed by atoms with Gasteiger partial charge in [0.05, 0.1) is 18.7 Å². The van der Waals surface area contributed by atoms with Crippen LogP contribution in [0.15, 0.2) is 22.8 Å². The van der Waals surface area contributed by atoms with E-state index in [4.69, 9.17) is 14.7 Å². The van der Waals surface area contributed by atoms with Crippen LogP contribution in [0.4, 0.5) is 0 Å². The summed E-state index contributed by atoms with van der Waals surface area (Å²) in [7, 11) is 3.12. The molecule has 0 aliphatic heterocycles. The minimum Gasteiger partial charge on any atom is -0.493 e. The van der Waals surface area contributed by atoms with E-state index in [-0.39, 0.29) is 0 Å². The van der Waals surface area contributed by atoms with Crippen LogP contribution in [-0.4, -0.2) is 19.2 Å². The summed E-state index contributed by atoms with van der Waals surface area (Å²) in [5.41, 5.74) is 0.365. The molecule has 0 amide bonds. The fourth-order valence-corrected chi connectivity index (χ4v) is 2.37. The summed E-state index contributed by atoms with van der Waals surface area (Å²) < 4.78 is 11.3. The van der Waals surface area contributed by atoms with Crippen molar-refractivity contribution in [2.24, 2.45) is 0 Å². The molecular weight excluding hydrogens is 284 g/mol. The zero-order valence-electron chi connectivity index (χ0n) is 9.32. The summed E-state index contributed by atoms with van der Waals surface area (Å²) in [6, 6.07) is 5.63. The Morgan fingerprint density at radius 1 is 1.29 bits per heavy atom. The Morgan fingerprint density at radius 2 is 2.06 bits per heavy atom. The highest BCUT2D eigenvalue weighted by atomic mass is 79.9. The third-order valence-corrected chi connectivity index (χ3v) is 3.24. The van der Waals surface area contributed by atoms with E-state index < -0.39 is 0 Å². The average molecular weight is 293 g/mol. The normalized spacial score (nSPS) is 10.0. The number of fused-ring (bicyclic) bond motifs is 1. The van der Waals surface area contributed by atoms with Crippen LogP contribution in [0.25, 0.3) is 10.8 Å². The Bertz CT molecular complexity index is 620. The Labute approximate surface area is 107 Å². The predicted molar refractivity (Wildman–Crippen MR) is 67.3 cm³/mol. The van der Waals surface area contributed by atoms with E-state index in [9.17, 15) is 0 Å². The lowest BCUT2D eigenvalue weighted by molar-refractivity contribution is 0.354. The molecule has 0 saturated heterocycles. The molecule has 0 saturated carbocycles. The molecule has 0 unspecified atom stereocenters. The van der Waals surface area contributed by atoms with E-state index in [0.717, 1.165) is 15.2 Å². The smallest absolute Gasteiger partial charge is 0.175 e. The molecule has 0 aliphatic rings. The van der Waals surface area contributed by atoms with Crippen molar-refractivity contribution in [2.45, 2.75) is 0 Å². The predicted octanol–water partition coefficient (Wildman–Crippen LogP) is 2.89. The van der Waals surface area contributed by atoms with Crippen molar-refractivity contribution < 1.29 is 9.47 Å². The fourth-order valence-electron chi connectivity index (χ4n) is 1.67. The first-order valence-electron chi connectivity index (χ1n) is 4.82. The first-order valence-corrected chi connectivity index (χ1v) is 5.61. The molecule has 0 fully saturated rings. The number of ether oxygens (including phenoxy) is 2. The SMILES string of the molecule is COc1cc2c(C#N)nccc2c(Br)c1OC. The highest BCUT2D eigenvalue weighted by Gasteiger charge is 2.15. The van der Waals surface area contributed by atoms with Crippen LogP contribution < -0.4 is 9.47 Å². The van der Waals surface area contributed by atoms with Gasteiger partial charge in [-0.3, -0.25) is 0 Å². The third-order valence-electron chi connectivity index (χ3n) is 2.46. The second-order valence-corrected chi connectivity index (χ2v) is 4.09. The third kappa shape index (κ3) is 1.81. The maximum atomic E-state index is 9.02. The van der Waals surface area contributed by atoms with Gasteiger partial charge in [-0.25, -0.2) is 4.98 Å². The van der Waals surface area contributed by atoms with Crippen molar-refractivity contribution in [2.75, 3.05) is 14.2 Å². The summed E-state index contributed by atoms with van der Waals surface area (Å²) in [5.74, 6) is 1.17. The van der Waals surface area contributed by atoms with Gasteiger partial charge < -0.3 is 9.47 Å². The lowest BCUT2D eigenvalue weighted by Gasteiger charge is -2.12. The minimum atomic E-state index is 0.365. The first-order chi connectivity index (χ1) is 8.22. The highest BCUT2D eigenvalue weighted by molar-refractivity contribution is 9.10. The molecule has 2 aromatic rings. The van der Waals surface area contributed by atoms with Crippen LogP contribution in [0.2, 0.25) is 0 Å². The molecule has 0 aliphatic carbocycles. The topological polar surface area (TPSA) is 55.1 Å². The Balaban J connectivity index is 2.91. The van der Waals surface area contributed by atoms with Crippen molar-refractivity contribution in [3.05, 3.63) is 28.5 Å². The zero-order chi connectivity index (χ0) is 12.4. The molecule has 0 bridgehead atoms. The number of benzene rings is 1. The maximum absolute atomic E-state index is 9.02. The molecule has 4 nitrogen and oxygen atoms in total. The van der Waals surface area contributed by atoms with Gasteiger partial charge in [0.2, 0.25) is 0 Å². The van der Waals surface area contributed by atoms with Gasteiger partial charge in [-0.2, -0.15) is 5.26 Å². The van der Waals surface area contributed by atoms with E-state index in [1.165, 1.54) is 0 Å². The van der Waals surface area contributed by atoms with Gasteiger partial charge in [-0.05, 0) is 28.1 Å². The molecule has 86 valence electrons. The van der Waals surface area contributed by atoms with Gasteiger partial charge >= 0.3 is 0 Å². The van der Waals surface area contributed by atoms with Crippen LogP contribution in [0.5, 0.6) is 11.5 Å². The quantitative estimate of drug-likeness (QED) is 0.854. The van der Waals surface area contributed by atoms with E-state index in [1.807, 2.05) is 6.07 Å². The molecule has 1 aromatic heterocycles. The second-order valence-electron chi connectivity index (χ2n) is 3.29. The summed E-state index contributed by atoms with van der Waals surface area (Å²) in [6.45, 7) is 0. The van der Waals surface area contributed by atoms with Crippen LogP contribution in [0.3, 0.4) is 0 Å². The van der Waals surface area contributed by atoms with Gasteiger partial charge in [-0.15, -0.1) is 0 Å². The lowest BCUT2D eigenvalue weighted by Crippen LogP contribution is -1.94. The molecule has 0 atom stereocenters. The zero-order valence-corrected chi connectivity index (χ0v) is 10.9. The Hall–Kier alpha value is -1.80. The van der Waals surface area contributed by atoms with Crippen LogP contribution in [0.1, 0.15) is 5.69 Å². The van der Waals surface area contributed by atoms with E-state index in [0.29, 0.717) is 17.2 Å². The van der Waals surface area contributed by atoms with Gasteiger partial charge in [0, 0.05) is 17.0 Å². The number of methoxy groups -OCH3 is 2. The van der Waals surface area contributed by atoms with Gasteiger partial charge in [-0.1, -0.05) is 0 Å². The number of pyridine rings is 1. The molecule has 0 spiro atoms. The Morgan fingerprint density at radius 3 is 2.65 bits per heavy atom. The van der Waals surface area contributed by atoms with Crippen molar-refractivity contribution in [3.8, 4) is 17.6 Å². The number of nitriles is 1. The van der Waals surface area contributed by atoms with Crippen molar-refractivity contribution >= 4 is 26.7 Å². The van der Waals surface area contributed by atoms with Crippen LogP contribution in [0, 0.1) is 11.3 Å². The lowest BCUT2D eigenvalue weighted by atomic mass is 10.1. The molecule has 0 radical (unpaired) electrons. The van der Waals surface area contributed by atoms with Crippen molar-refractivity contribution in [3.63, 3.8) is 0 Å². The monoisotopic (exact) mass is 292 g/mol. The highest BCUT2D eigenvalue weighted by Crippen LogP contribution is 2.41. The molecule has 1 heterocycles. The summed E-state index contributed by atoms with van der Waals surface area (Å²) in [4.78, 5) is 4.02. The number of rotatable bonds is 2. The largest absolute Gasteiger partial charge is 0.493 e. The minimum absolute atomic E-state index is 0.365. The molecule has 17 heavy (non-hydrogen) atoms. The number of hydrogen-bond acceptors (Lipinski definition) is 4. The first kappa shape index (κ1) is 11.7. The van der Waals surface area contributed by atoms with Gasteiger partial charge in [0.15, 0.2) is 11.5 Å². The Kier molecular flexibility index (Phi) is 3.16. The number of halogens is 1. The molecule has 0 N–H and O–H groups in total. The number of hydrogen-bond donors (Lipinski definition) is 0. The van der Waals surface area contributed by atoms with Crippen LogP contribution in [-0.2, 0) is 0 Å². The van der Waals surface area contributed by atoms with E-state index >= 15 is 0 Å². The van der Waals surface area contributed by atoms with E-state index in [2.05, 4.69) is 27.0 Å². The summed E-state index contributed by atoms with van der Waals surface area (Å²) in [6.07, 6.45) is 1.59.